The number of rotatable bonds is 39. The highest BCUT2D eigenvalue weighted by atomic mass is 16.6. The minimum Gasteiger partial charge on any atom is -0.544 e. The van der Waals surface area contributed by atoms with Gasteiger partial charge in [-0.2, -0.15) is 0 Å². The smallest absolute Gasteiger partial charge is 0.306 e. The molecule has 0 amide bonds. The van der Waals surface area contributed by atoms with E-state index < -0.39 is 24.1 Å². The van der Waals surface area contributed by atoms with Gasteiger partial charge < -0.3 is 28.6 Å². The molecule has 8 nitrogen and oxygen atoms in total. The lowest BCUT2D eigenvalue weighted by Crippen LogP contribution is -2.55. The van der Waals surface area contributed by atoms with E-state index in [1.165, 1.54) is 32.1 Å². The molecule has 0 aromatic carbocycles. The number of likely N-dealkylation sites (N-methyl/N-ethyl adjacent to an activating group) is 1. The van der Waals surface area contributed by atoms with Gasteiger partial charge in [-0.25, -0.2) is 0 Å². The fourth-order valence-electron chi connectivity index (χ4n) is 5.95. The first-order valence-corrected chi connectivity index (χ1v) is 22.8. The van der Waals surface area contributed by atoms with Crippen LogP contribution < -0.4 is 5.11 Å². The van der Waals surface area contributed by atoms with Crippen LogP contribution in [-0.2, 0) is 28.6 Å². The Balaban J connectivity index is 4.51. The highest BCUT2D eigenvalue weighted by Crippen LogP contribution is 2.11. The Morgan fingerprint density at radius 3 is 1.47 bits per heavy atom. The van der Waals surface area contributed by atoms with Gasteiger partial charge in [-0.3, -0.25) is 9.59 Å². The van der Waals surface area contributed by atoms with Crippen molar-refractivity contribution in [3.8, 4) is 0 Å². The third kappa shape index (κ3) is 39.5. The summed E-state index contributed by atoms with van der Waals surface area (Å²) >= 11 is 0. The zero-order valence-electron chi connectivity index (χ0n) is 37.9. The van der Waals surface area contributed by atoms with E-state index in [2.05, 4.69) is 98.9 Å². The summed E-state index contributed by atoms with van der Waals surface area (Å²) < 4.78 is 17.1. The number of ether oxygens (including phenoxy) is 3. The monoisotopic (exact) mass is 822 g/mol. The molecule has 0 spiro atoms. The maximum atomic E-state index is 12.7. The molecule has 2 unspecified atom stereocenters. The number of carbonyl (C=O) groups is 3. The summed E-state index contributed by atoms with van der Waals surface area (Å²) in [6.07, 6.45) is 54.4. The molecule has 59 heavy (non-hydrogen) atoms. The van der Waals surface area contributed by atoms with Crippen molar-refractivity contribution in [2.24, 2.45) is 0 Å². The Labute approximate surface area is 360 Å². The van der Waals surface area contributed by atoms with Gasteiger partial charge >= 0.3 is 11.9 Å². The number of allylic oxidation sites excluding steroid dienone is 16. The Morgan fingerprint density at radius 2 is 0.983 bits per heavy atom. The van der Waals surface area contributed by atoms with E-state index in [-0.39, 0.29) is 43.1 Å². The van der Waals surface area contributed by atoms with Crippen LogP contribution in [0.25, 0.3) is 0 Å². The van der Waals surface area contributed by atoms with Crippen molar-refractivity contribution in [2.75, 3.05) is 41.0 Å². The van der Waals surface area contributed by atoms with E-state index in [4.69, 9.17) is 14.2 Å². The molecule has 0 N–H and O–H groups in total. The summed E-state index contributed by atoms with van der Waals surface area (Å²) in [4.78, 5) is 36.9. The molecule has 2 atom stereocenters. The minimum absolute atomic E-state index is 0.000375. The van der Waals surface area contributed by atoms with Crippen LogP contribution in [0.15, 0.2) is 97.2 Å². The highest BCUT2D eigenvalue weighted by Gasteiger charge is 2.25. The molecule has 0 aliphatic rings. The first kappa shape index (κ1) is 55.2. The number of hydrogen-bond donors (Lipinski definition) is 0. The predicted molar refractivity (Wildman–Crippen MR) is 245 cm³/mol. The molecule has 0 saturated heterocycles. The summed E-state index contributed by atoms with van der Waals surface area (Å²) in [5, 5.41) is 11.6. The molecular formula is C51H83NO7. The van der Waals surface area contributed by atoms with E-state index in [0.29, 0.717) is 12.8 Å². The maximum absolute atomic E-state index is 12.7. The van der Waals surface area contributed by atoms with Gasteiger partial charge in [0.2, 0.25) is 0 Å². The normalized spacial score (nSPS) is 13.8. The molecule has 0 fully saturated rings. The van der Waals surface area contributed by atoms with E-state index in [9.17, 15) is 19.5 Å². The van der Waals surface area contributed by atoms with Gasteiger partial charge in [-0.15, -0.1) is 0 Å². The number of carbonyl (C=O) groups excluding carboxylic acids is 3. The molecule has 0 aromatic heterocycles. The van der Waals surface area contributed by atoms with Gasteiger partial charge in [-0.1, -0.05) is 150 Å². The van der Waals surface area contributed by atoms with Crippen LogP contribution in [0.1, 0.15) is 155 Å². The summed E-state index contributed by atoms with van der Waals surface area (Å²) in [6, 6.07) is -0.746. The van der Waals surface area contributed by atoms with Crippen molar-refractivity contribution in [3.05, 3.63) is 97.2 Å². The standard InChI is InChI=1S/C51H83NO7/c1-6-8-10-12-14-16-18-20-22-24-25-26-28-30-32-34-36-38-40-42-50(54)59-47(45-57-44-43-48(51(55)56)52(3,4)5)46-58-49(53)41-39-37-35-33-31-29-27-23-21-19-17-15-13-11-9-7-2/h8,10,14,16-17,19-20,22-23,25-27,30,32,36,38,47-48H,6-7,9,11-13,15,18,21,24,28-29,31,33-35,37,39-46H2,1-5H3/b10-8-,16-14-,19-17-,22-20-,26-25-,27-23-,32-30-,38-36-. The SMILES string of the molecule is CC/C=C\C/C=C\C/C=C\C/C=C\C/C=C\C/C=C\CCC(=O)OC(COCCC(C(=O)[O-])[N+](C)(C)C)COC(=O)CCCCCCC/C=C\C/C=C\CCCCCC. The van der Waals surface area contributed by atoms with Crippen molar-refractivity contribution in [2.45, 2.75) is 167 Å². The van der Waals surface area contributed by atoms with Gasteiger partial charge in [0.1, 0.15) is 12.6 Å². The van der Waals surface area contributed by atoms with Gasteiger partial charge in [0, 0.05) is 19.3 Å². The van der Waals surface area contributed by atoms with Crippen molar-refractivity contribution in [1.29, 1.82) is 0 Å². The minimum atomic E-state index is -1.14. The number of quaternary nitrogens is 1. The van der Waals surface area contributed by atoms with E-state index in [1.54, 1.807) is 21.1 Å². The average Bonchev–Trinajstić information content (AvgIpc) is 3.19. The second-order valence-electron chi connectivity index (χ2n) is 15.9. The van der Waals surface area contributed by atoms with Crippen molar-refractivity contribution in [3.63, 3.8) is 0 Å². The molecule has 0 rings (SSSR count). The molecular weight excluding hydrogens is 739 g/mol. The first-order valence-electron chi connectivity index (χ1n) is 22.8. The summed E-state index contributed by atoms with van der Waals surface area (Å²) in [6.45, 7) is 4.41. The van der Waals surface area contributed by atoms with Crippen LogP contribution in [0.3, 0.4) is 0 Å². The van der Waals surface area contributed by atoms with Crippen molar-refractivity contribution < 1.29 is 38.2 Å². The number of aliphatic carboxylic acids is 1. The molecule has 334 valence electrons. The number of esters is 2. The molecule has 0 aliphatic heterocycles. The quantitative estimate of drug-likeness (QED) is 0.0263. The number of carboxylic acid groups (broad SMARTS) is 1. The summed E-state index contributed by atoms with van der Waals surface area (Å²) in [5.41, 5.74) is 0. The van der Waals surface area contributed by atoms with Gasteiger partial charge in [0.05, 0.1) is 40.3 Å². The fraction of sp³-hybridized carbons (Fsp3) is 0.627. The molecule has 0 aromatic rings. The molecule has 0 saturated carbocycles. The number of hydrogen-bond acceptors (Lipinski definition) is 7. The summed E-state index contributed by atoms with van der Waals surface area (Å²) in [5.74, 6) is -1.87. The molecule has 0 bridgehead atoms. The maximum Gasteiger partial charge on any atom is 0.306 e. The largest absolute Gasteiger partial charge is 0.544 e. The number of unbranched alkanes of at least 4 members (excludes halogenated alkanes) is 9. The average molecular weight is 822 g/mol. The Bertz CT molecular complexity index is 1280. The van der Waals surface area contributed by atoms with Crippen LogP contribution in [0.2, 0.25) is 0 Å². The lowest BCUT2D eigenvalue weighted by atomic mass is 10.1. The Morgan fingerprint density at radius 1 is 0.525 bits per heavy atom. The van der Waals surface area contributed by atoms with Crippen LogP contribution in [0.4, 0.5) is 0 Å². The number of carboxylic acids is 1. The second-order valence-corrected chi connectivity index (χ2v) is 15.9. The number of nitrogens with zero attached hydrogens (tertiary/aromatic N) is 1. The Kier molecular flexibility index (Phi) is 38.4. The Hall–Kier alpha value is -3.75. The van der Waals surface area contributed by atoms with Crippen molar-refractivity contribution >= 4 is 17.9 Å². The lowest BCUT2D eigenvalue weighted by molar-refractivity contribution is -0.889. The van der Waals surface area contributed by atoms with Gasteiger partial charge in [0.25, 0.3) is 0 Å². The molecule has 0 heterocycles. The second kappa shape index (κ2) is 41.0. The van der Waals surface area contributed by atoms with Crippen LogP contribution >= 0.6 is 0 Å². The topological polar surface area (TPSA) is 102 Å². The van der Waals surface area contributed by atoms with Gasteiger partial charge in [-0.05, 0) is 83.5 Å². The third-order valence-electron chi connectivity index (χ3n) is 9.47. The lowest BCUT2D eigenvalue weighted by Gasteiger charge is -2.34. The van der Waals surface area contributed by atoms with Crippen LogP contribution in [-0.4, -0.2) is 75.5 Å². The van der Waals surface area contributed by atoms with Crippen LogP contribution in [0, 0.1) is 0 Å². The zero-order valence-corrected chi connectivity index (χ0v) is 37.9. The van der Waals surface area contributed by atoms with E-state index >= 15 is 0 Å². The van der Waals surface area contributed by atoms with E-state index in [0.717, 1.165) is 83.5 Å². The zero-order chi connectivity index (χ0) is 43.5. The first-order chi connectivity index (χ1) is 28.6. The van der Waals surface area contributed by atoms with Crippen molar-refractivity contribution in [1.82, 2.24) is 0 Å². The summed E-state index contributed by atoms with van der Waals surface area (Å²) in [7, 11) is 5.37. The molecule has 8 heteroatoms. The van der Waals surface area contributed by atoms with Crippen LogP contribution in [0.5, 0.6) is 0 Å². The fourth-order valence-corrected chi connectivity index (χ4v) is 5.95. The molecule has 0 radical (unpaired) electrons. The van der Waals surface area contributed by atoms with Gasteiger partial charge in [0.15, 0.2) is 6.10 Å². The third-order valence-corrected chi connectivity index (χ3v) is 9.47. The molecule has 0 aliphatic carbocycles. The predicted octanol–water partition coefficient (Wildman–Crippen LogP) is 11.4. The highest BCUT2D eigenvalue weighted by molar-refractivity contribution is 5.70. The van der Waals surface area contributed by atoms with E-state index in [1.807, 2.05) is 12.2 Å².